The number of hydrogen-bond donors (Lipinski definition) is 0. The van der Waals surface area contributed by atoms with Crippen LogP contribution < -0.4 is 9.47 Å². The van der Waals surface area contributed by atoms with Gasteiger partial charge in [-0.3, -0.25) is 4.79 Å². The van der Waals surface area contributed by atoms with Crippen molar-refractivity contribution in [2.75, 3.05) is 14.2 Å². The molecule has 1 heterocycles. The Hall–Kier alpha value is -2.40. The van der Waals surface area contributed by atoms with E-state index < -0.39 is 0 Å². The molecule has 0 saturated heterocycles. The predicted octanol–water partition coefficient (Wildman–Crippen LogP) is 5.28. The maximum atomic E-state index is 12.9. The third-order valence-electron chi connectivity index (χ3n) is 5.63. The summed E-state index contributed by atoms with van der Waals surface area (Å²) in [7, 11) is 3.10. The van der Waals surface area contributed by atoms with Crippen LogP contribution in [0, 0.1) is 5.92 Å². The Labute approximate surface area is 176 Å². The Morgan fingerprint density at radius 3 is 2.66 bits per heavy atom. The van der Waals surface area contributed by atoms with Gasteiger partial charge in [-0.15, -0.1) is 0 Å². The molecule has 2 atom stereocenters. The number of methoxy groups -OCH3 is 2. The maximum absolute atomic E-state index is 12.9. The number of halogens is 1. The van der Waals surface area contributed by atoms with Gasteiger partial charge < -0.3 is 18.8 Å². The molecule has 1 aromatic heterocycles. The lowest BCUT2D eigenvalue weighted by molar-refractivity contribution is -0.127. The first-order valence-electron chi connectivity index (χ1n) is 9.99. The smallest absolute Gasteiger partial charge is 0.247 e. The summed E-state index contributed by atoms with van der Waals surface area (Å²) < 4.78 is 16.6. The van der Waals surface area contributed by atoms with Crippen molar-refractivity contribution in [3.8, 4) is 11.5 Å². The van der Waals surface area contributed by atoms with E-state index in [1.807, 2.05) is 11.0 Å². The van der Waals surface area contributed by atoms with Crippen molar-refractivity contribution in [1.29, 1.82) is 0 Å². The highest BCUT2D eigenvalue weighted by molar-refractivity contribution is 6.32. The molecule has 29 heavy (non-hydrogen) atoms. The third kappa shape index (κ3) is 4.45. The fraction of sp³-hybridized carbons (Fsp3) is 0.435. The number of amides is 1. The zero-order valence-electron chi connectivity index (χ0n) is 17.0. The van der Waals surface area contributed by atoms with E-state index in [1.54, 1.807) is 38.5 Å². The van der Waals surface area contributed by atoms with E-state index >= 15 is 0 Å². The van der Waals surface area contributed by atoms with Crippen molar-refractivity contribution >= 4 is 23.6 Å². The Morgan fingerprint density at radius 2 is 2.03 bits per heavy atom. The first kappa shape index (κ1) is 19.9. The summed E-state index contributed by atoms with van der Waals surface area (Å²) >= 11 is 6.26. The highest BCUT2D eigenvalue weighted by Crippen LogP contribution is 2.47. The highest BCUT2D eigenvalue weighted by Gasteiger charge is 2.37. The second-order valence-corrected chi connectivity index (χ2v) is 8.30. The van der Waals surface area contributed by atoms with Crippen LogP contribution in [0.3, 0.4) is 0 Å². The normalized spacial score (nSPS) is 20.7. The van der Waals surface area contributed by atoms with Gasteiger partial charge in [0.15, 0.2) is 11.5 Å². The molecule has 0 spiro atoms. The molecule has 2 saturated carbocycles. The Kier molecular flexibility index (Phi) is 5.59. The van der Waals surface area contributed by atoms with Gasteiger partial charge in [-0.2, -0.15) is 0 Å². The van der Waals surface area contributed by atoms with Crippen LogP contribution >= 0.6 is 11.6 Å². The molecule has 6 heteroatoms. The zero-order chi connectivity index (χ0) is 20.5. The molecule has 5 nitrogen and oxygen atoms in total. The van der Waals surface area contributed by atoms with Crippen LogP contribution in [0.4, 0.5) is 0 Å². The van der Waals surface area contributed by atoms with Crippen LogP contribution in [0.15, 0.2) is 34.8 Å². The Balaban J connectivity index is 1.46. The van der Waals surface area contributed by atoms with Gasteiger partial charge in [0.05, 0.1) is 25.8 Å². The van der Waals surface area contributed by atoms with Crippen LogP contribution in [0.2, 0.25) is 5.02 Å². The molecule has 2 aliphatic rings. The van der Waals surface area contributed by atoms with Gasteiger partial charge in [0.2, 0.25) is 5.91 Å². The monoisotopic (exact) mass is 415 g/mol. The van der Waals surface area contributed by atoms with E-state index in [2.05, 4.69) is 13.0 Å². The minimum atomic E-state index is -0.0313. The third-order valence-corrected chi connectivity index (χ3v) is 5.91. The molecule has 2 unspecified atom stereocenters. The minimum absolute atomic E-state index is 0.0313. The summed E-state index contributed by atoms with van der Waals surface area (Å²) in [6.45, 7) is 2.74. The number of benzene rings is 1. The number of carbonyl (C=O) groups excluding carboxylic acids is 1. The molecule has 0 radical (unpaired) electrons. The molecule has 0 aliphatic heterocycles. The molecule has 0 N–H and O–H groups in total. The Morgan fingerprint density at radius 1 is 1.28 bits per heavy atom. The van der Waals surface area contributed by atoms with Crippen LogP contribution in [0.5, 0.6) is 11.5 Å². The summed E-state index contributed by atoms with van der Waals surface area (Å²) in [6.07, 6.45) is 6.60. The predicted molar refractivity (Wildman–Crippen MR) is 112 cm³/mol. The van der Waals surface area contributed by atoms with Gasteiger partial charge in [0.1, 0.15) is 11.5 Å². The molecule has 2 aromatic rings. The number of rotatable bonds is 8. The molecule has 1 amide bonds. The fourth-order valence-electron chi connectivity index (χ4n) is 3.64. The van der Waals surface area contributed by atoms with E-state index in [-0.39, 0.29) is 11.9 Å². The van der Waals surface area contributed by atoms with Crippen molar-refractivity contribution in [3.05, 3.63) is 52.4 Å². The van der Waals surface area contributed by atoms with E-state index in [1.165, 1.54) is 6.42 Å². The zero-order valence-corrected chi connectivity index (χ0v) is 17.7. The lowest BCUT2D eigenvalue weighted by Crippen LogP contribution is -2.30. The molecule has 2 fully saturated rings. The first-order valence-corrected chi connectivity index (χ1v) is 10.4. The van der Waals surface area contributed by atoms with Gasteiger partial charge in [-0.1, -0.05) is 18.5 Å². The SMILES string of the molecule is COc1cc(/C=C/C(=O)N(Cc2ccc(C3CC3C)o2)C2CC2)cc(Cl)c1OC. The summed E-state index contributed by atoms with van der Waals surface area (Å²) in [6, 6.07) is 7.89. The van der Waals surface area contributed by atoms with Crippen LogP contribution in [-0.2, 0) is 11.3 Å². The molecule has 0 bridgehead atoms. The molecule has 154 valence electrons. The van der Waals surface area contributed by atoms with E-state index in [4.69, 9.17) is 25.5 Å². The highest BCUT2D eigenvalue weighted by atomic mass is 35.5. The topological polar surface area (TPSA) is 51.9 Å². The summed E-state index contributed by atoms with van der Waals surface area (Å²) in [4.78, 5) is 14.8. The minimum Gasteiger partial charge on any atom is -0.493 e. The van der Waals surface area contributed by atoms with Gasteiger partial charge in [0, 0.05) is 18.0 Å². The summed E-state index contributed by atoms with van der Waals surface area (Å²) in [5.74, 6) is 4.12. The van der Waals surface area contributed by atoms with E-state index in [0.29, 0.717) is 34.9 Å². The number of ether oxygens (including phenoxy) is 2. The first-order chi connectivity index (χ1) is 14.0. The van der Waals surface area contributed by atoms with Gasteiger partial charge in [0.25, 0.3) is 0 Å². The molecule has 4 rings (SSSR count). The summed E-state index contributed by atoms with van der Waals surface area (Å²) in [5.41, 5.74) is 0.778. The molecule has 1 aromatic carbocycles. The lowest BCUT2D eigenvalue weighted by atomic mass is 10.1. The molecule has 2 aliphatic carbocycles. The van der Waals surface area contributed by atoms with Gasteiger partial charge in [-0.25, -0.2) is 0 Å². The van der Waals surface area contributed by atoms with Crippen LogP contribution in [0.25, 0.3) is 6.08 Å². The Bertz CT molecular complexity index is 931. The quantitative estimate of drug-likeness (QED) is 0.550. The number of hydrogen-bond acceptors (Lipinski definition) is 4. The van der Waals surface area contributed by atoms with E-state index in [9.17, 15) is 4.79 Å². The van der Waals surface area contributed by atoms with Gasteiger partial charge in [-0.05, 0) is 61.1 Å². The number of nitrogens with zero attached hydrogens (tertiary/aromatic N) is 1. The number of furan rings is 1. The van der Waals surface area contributed by atoms with Crippen molar-refractivity contribution in [3.63, 3.8) is 0 Å². The average molecular weight is 416 g/mol. The standard InChI is InChI=1S/C23H26ClNO4/c1-14-10-18(14)20-8-7-17(29-20)13-25(16-5-6-16)22(26)9-4-15-11-19(24)23(28-3)21(12-15)27-2/h4,7-9,11-12,14,16,18H,5-6,10,13H2,1-3H3/b9-4+. The second-order valence-electron chi connectivity index (χ2n) is 7.89. The fourth-order valence-corrected chi connectivity index (χ4v) is 3.93. The van der Waals surface area contributed by atoms with E-state index in [0.717, 1.165) is 29.9 Å². The van der Waals surface area contributed by atoms with Crippen molar-refractivity contribution in [2.24, 2.45) is 5.92 Å². The van der Waals surface area contributed by atoms with Crippen LogP contribution in [-0.4, -0.2) is 31.1 Å². The van der Waals surface area contributed by atoms with Crippen molar-refractivity contribution < 1.29 is 18.7 Å². The van der Waals surface area contributed by atoms with Crippen molar-refractivity contribution in [1.82, 2.24) is 4.90 Å². The van der Waals surface area contributed by atoms with Gasteiger partial charge >= 0.3 is 0 Å². The lowest BCUT2D eigenvalue weighted by Gasteiger charge is -2.19. The molecular formula is C23H26ClNO4. The number of carbonyl (C=O) groups is 1. The largest absolute Gasteiger partial charge is 0.493 e. The average Bonchev–Trinajstić information content (AvgIpc) is 3.63. The maximum Gasteiger partial charge on any atom is 0.247 e. The second kappa shape index (κ2) is 8.15. The molecular weight excluding hydrogens is 390 g/mol. The summed E-state index contributed by atoms with van der Waals surface area (Å²) in [5, 5.41) is 0.440. The van der Waals surface area contributed by atoms with Crippen LogP contribution in [0.1, 0.15) is 49.2 Å². The van der Waals surface area contributed by atoms with Crippen molar-refractivity contribution in [2.45, 2.75) is 44.7 Å².